The number of nitrogens with one attached hydrogen (secondary N) is 1. The number of anilines is 2. The summed E-state index contributed by atoms with van der Waals surface area (Å²) in [5.74, 6) is 1.85. The normalized spacial score (nSPS) is 14.1. The molecule has 1 aliphatic rings. The van der Waals surface area contributed by atoms with Gasteiger partial charge in [-0.25, -0.2) is 15.0 Å². The number of aromatic nitrogens is 3. The number of fused-ring (bicyclic) bond motifs is 1. The maximum absolute atomic E-state index is 12.8. The van der Waals surface area contributed by atoms with Crippen LogP contribution in [0.4, 0.5) is 11.6 Å². The summed E-state index contributed by atoms with van der Waals surface area (Å²) in [6.45, 7) is 1.99. The van der Waals surface area contributed by atoms with E-state index in [1.54, 1.807) is 18.5 Å². The van der Waals surface area contributed by atoms with Crippen LogP contribution in [-0.2, 0) is 4.79 Å². The third-order valence-electron chi connectivity index (χ3n) is 6.60. The number of pyridine rings is 1. The van der Waals surface area contributed by atoms with Gasteiger partial charge in [0.1, 0.15) is 5.75 Å². The van der Waals surface area contributed by atoms with Crippen LogP contribution in [-0.4, -0.2) is 20.9 Å². The van der Waals surface area contributed by atoms with Crippen LogP contribution in [0.15, 0.2) is 60.9 Å². The molecular formula is C28H29N5O2. The van der Waals surface area contributed by atoms with E-state index in [2.05, 4.69) is 20.3 Å². The Morgan fingerprint density at radius 3 is 2.69 bits per heavy atom. The van der Waals surface area contributed by atoms with Crippen molar-refractivity contribution < 1.29 is 9.53 Å². The van der Waals surface area contributed by atoms with Gasteiger partial charge in [0.15, 0.2) is 0 Å². The first-order chi connectivity index (χ1) is 17.1. The van der Waals surface area contributed by atoms with E-state index in [-0.39, 0.29) is 11.9 Å². The third-order valence-corrected chi connectivity index (χ3v) is 6.60. The fourth-order valence-corrected chi connectivity index (χ4v) is 4.83. The lowest BCUT2D eigenvalue weighted by Crippen LogP contribution is -2.18. The molecule has 2 aromatic heterocycles. The molecule has 1 fully saturated rings. The topological polar surface area (TPSA) is 103 Å². The molecule has 35 heavy (non-hydrogen) atoms. The number of rotatable bonds is 6. The number of carbonyl (C=O) groups excluding carboxylic acids is 1. The Bertz CT molecular complexity index is 1360. The fourth-order valence-electron chi connectivity index (χ4n) is 4.83. The van der Waals surface area contributed by atoms with Gasteiger partial charge in [-0.2, -0.15) is 0 Å². The first-order valence-corrected chi connectivity index (χ1v) is 12.1. The van der Waals surface area contributed by atoms with Gasteiger partial charge in [-0.15, -0.1) is 0 Å². The Hall–Kier alpha value is -4.00. The second-order valence-electron chi connectivity index (χ2n) is 9.13. The zero-order valence-electron chi connectivity index (χ0n) is 19.8. The van der Waals surface area contributed by atoms with Crippen molar-refractivity contribution >= 4 is 28.3 Å². The van der Waals surface area contributed by atoms with E-state index in [0.717, 1.165) is 40.4 Å². The Balaban J connectivity index is 1.46. The summed E-state index contributed by atoms with van der Waals surface area (Å²) < 4.78 is 6.40. The van der Waals surface area contributed by atoms with E-state index >= 15 is 0 Å². The quantitative estimate of drug-likeness (QED) is 0.346. The van der Waals surface area contributed by atoms with Crippen LogP contribution < -0.4 is 15.8 Å². The molecule has 3 N–H and O–H groups in total. The summed E-state index contributed by atoms with van der Waals surface area (Å²) >= 11 is 0. The molecular weight excluding hydrogens is 438 g/mol. The van der Waals surface area contributed by atoms with E-state index in [0.29, 0.717) is 29.7 Å². The lowest BCUT2D eigenvalue weighted by Gasteiger charge is -2.21. The molecule has 0 saturated heterocycles. The minimum Gasteiger partial charge on any atom is -0.437 e. The van der Waals surface area contributed by atoms with Crippen LogP contribution in [0.3, 0.4) is 0 Å². The number of nitrogen functional groups attached to an aromatic ring is 1. The third kappa shape index (κ3) is 5.09. The molecule has 0 spiro atoms. The molecule has 2 heterocycles. The Kier molecular flexibility index (Phi) is 6.57. The first kappa shape index (κ1) is 22.8. The molecule has 1 amide bonds. The second kappa shape index (κ2) is 10.1. The van der Waals surface area contributed by atoms with E-state index in [9.17, 15) is 4.79 Å². The van der Waals surface area contributed by atoms with E-state index < -0.39 is 0 Å². The van der Waals surface area contributed by atoms with Gasteiger partial charge in [0, 0.05) is 35.3 Å². The molecule has 0 radical (unpaired) electrons. The van der Waals surface area contributed by atoms with Gasteiger partial charge in [-0.05, 0) is 55.5 Å². The summed E-state index contributed by atoms with van der Waals surface area (Å²) in [6.07, 6.45) is 9.89. The highest BCUT2D eigenvalue weighted by atomic mass is 16.5. The number of aryl methyl sites for hydroxylation is 1. The number of amides is 1. The standard InChI is InChI=1S/C28H29N5O2/c1-18-12-13-20-21(9-5-11-23(20)32-25(34)17-19-7-3-2-4-8-19)26(18)35-27-22(10-6-15-30-27)24-14-16-31-28(29)33-24/h5-6,9-16,19H,2-4,7-8,17H2,1H3,(H,32,34)(H2,29,31,33). The number of ether oxygens (including phenoxy) is 1. The van der Waals surface area contributed by atoms with Gasteiger partial charge in [-0.3, -0.25) is 4.79 Å². The van der Waals surface area contributed by atoms with Crippen LogP contribution in [0.1, 0.15) is 44.1 Å². The fraction of sp³-hybridized carbons (Fsp3) is 0.286. The highest BCUT2D eigenvalue weighted by Gasteiger charge is 2.19. The summed E-state index contributed by atoms with van der Waals surface area (Å²) in [6, 6.07) is 15.4. The van der Waals surface area contributed by atoms with Crippen molar-refractivity contribution in [3.8, 4) is 22.9 Å². The van der Waals surface area contributed by atoms with Crippen LogP contribution in [0.5, 0.6) is 11.6 Å². The molecule has 1 saturated carbocycles. The highest BCUT2D eigenvalue weighted by molar-refractivity contribution is 6.04. The van der Waals surface area contributed by atoms with E-state index in [4.69, 9.17) is 10.5 Å². The Labute approximate surface area is 204 Å². The van der Waals surface area contributed by atoms with Crippen molar-refractivity contribution in [2.24, 2.45) is 5.92 Å². The van der Waals surface area contributed by atoms with Gasteiger partial charge in [0.2, 0.25) is 17.7 Å². The predicted octanol–water partition coefficient (Wildman–Crippen LogP) is 6.28. The smallest absolute Gasteiger partial charge is 0.228 e. The Morgan fingerprint density at radius 2 is 1.86 bits per heavy atom. The predicted molar refractivity (Wildman–Crippen MR) is 138 cm³/mol. The molecule has 4 aromatic rings. The lowest BCUT2D eigenvalue weighted by atomic mass is 9.87. The van der Waals surface area contributed by atoms with Crippen molar-refractivity contribution in [2.75, 3.05) is 11.1 Å². The molecule has 0 aliphatic heterocycles. The van der Waals surface area contributed by atoms with Crippen LogP contribution in [0, 0.1) is 12.8 Å². The van der Waals surface area contributed by atoms with E-state index in [1.807, 2.05) is 49.4 Å². The number of nitrogens with zero attached hydrogens (tertiary/aromatic N) is 3. The minimum absolute atomic E-state index is 0.0702. The van der Waals surface area contributed by atoms with Crippen molar-refractivity contribution in [3.63, 3.8) is 0 Å². The molecule has 7 nitrogen and oxygen atoms in total. The molecule has 178 valence electrons. The number of hydrogen-bond donors (Lipinski definition) is 2. The second-order valence-corrected chi connectivity index (χ2v) is 9.13. The molecule has 2 aromatic carbocycles. The van der Waals surface area contributed by atoms with Gasteiger partial charge in [-0.1, -0.05) is 43.5 Å². The van der Waals surface area contributed by atoms with Crippen molar-refractivity contribution in [3.05, 3.63) is 66.5 Å². The molecule has 0 bridgehead atoms. The zero-order valence-corrected chi connectivity index (χ0v) is 19.8. The summed E-state index contributed by atoms with van der Waals surface area (Å²) in [7, 11) is 0. The van der Waals surface area contributed by atoms with Crippen molar-refractivity contribution in [2.45, 2.75) is 45.4 Å². The average molecular weight is 468 g/mol. The maximum atomic E-state index is 12.8. The number of hydrogen-bond acceptors (Lipinski definition) is 6. The highest BCUT2D eigenvalue weighted by Crippen LogP contribution is 2.38. The average Bonchev–Trinajstić information content (AvgIpc) is 2.87. The van der Waals surface area contributed by atoms with Crippen LogP contribution >= 0.6 is 0 Å². The summed E-state index contributed by atoms with van der Waals surface area (Å²) in [5.41, 5.74) is 8.90. The maximum Gasteiger partial charge on any atom is 0.228 e. The van der Waals surface area contributed by atoms with Gasteiger partial charge in [0.25, 0.3) is 0 Å². The van der Waals surface area contributed by atoms with Crippen molar-refractivity contribution in [1.82, 2.24) is 15.0 Å². The summed E-state index contributed by atoms with van der Waals surface area (Å²) in [4.78, 5) is 25.6. The number of carbonyl (C=O) groups is 1. The molecule has 1 aliphatic carbocycles. The van der Waals surface area contributed by atoms with Crippen LogP contribution in [0.25, 0.3) is 22.0 Å². The van der Waals surface area contributed by atoms with Gasteiger partial charge in [0.05, 0.1) is 11.3 Å². The largest absolute Gasteiger partial charge is 0.437 e. The Morgan fingerprint density at radius 1 is 1.00 bits per heavy atom. The molecule has 0 atom stereocenters. The lowest BCUT2D eigenvalue weighted by molar-refractivity contribution is -0.117. The molecule has 7 heteroatoms. The minimum atomic E-state index is 0.0702. The van der Waals surface area contributed by atoms with Gasteiger partial charge < -0.3 is 15.8 Å². The van der Waals surface area contributed by atoms with Gasteiger partial charge >= 0.3 is 0 Å². The van der Waals surface area contributed by atoms with Crippen molar-refractivity contribution in [1.29, 1.82) is 0 Å². The number of nitrogens with two attached hydrogens (primary N) is 1. The molecule has 0 unspecified atom stereocenters. The first-order valence-electron chi connectivity index (χ1n) is 12.1. The summed E-state index contributed by atoms with van der Waals surface area (Å²) in [5, 5.41) is 4.97. The zero-order chi connectivity index (χ0) is 24.2. The molecule has 5 rings (SSSR count). The SMILES string of the molecule is Cc1ccc2c(NC(=O)CC3CCCCC3)cccc2c1Oc1ncccc1-c1ccnc(N)n1. The van der Waals surface area contributed by atoms with E-state index in [1.165, 1.54) is 19.3 Å². The monoisotopic (exact) mass is 467 g/mol. The van der Waals surface area contributed by atoms with Crippen LogP contribution in [0.2, 0.25) is 0 Å². The number of benzene rings is 2.